The number of rotatable bonds is 15. The third-order valence-corrected chi connectivity index (χ3v) is 18.4. The minimum Gasteiger partial charge on any atom is -0.542 e. The largest absolute Gasteiger partial charge is 0.542 e. The lowest BCUT2D eigenvalue weighted by molar-refractivity contribution is -0.179. The van der Waals surface area contributed by atoms with E-state index in [0.29, 0.717) is 17.4 Å². The zero-order chi connectivity index (χ0) is 40.4. The Kier molecular flexibility index (Phi) is 12.9. The molecule has 5 rings (SSSR count). The standard InChI is InChI=1S/C39H48BN3O8S3Si/c1-25-41-29(23-52-25)31(42-51-38(8,9)34(46)49-36(2,3)4)30(44)22-28-32(45)43-24-39(35(47)50-40,54-33(28)43)53-21-20-48-55(37(5,6)7,26-16-12-10-13-17-26)27-18-14-11-15-19-27/h10-19,23,28,33H,20-22,24H2,1-9H3/b42-31-/t28-,33-,39-/m1/s1. The average Bonchev–Trinajstić information content (AvgIpc) is 3.72. The Labute approximate surface area is 338 Å². The molecule has 3 atom stereocenters. The van der Waals surface area contributed by atoms with E-state index in [1.165, 1.54) is 48.7 Å². The van der Waals surface area contributed by atoms with E-state index in [9.17, 15) is 19.2 Å². The van der Waals surface area contributed by atoms with Crippen molar-refractivity contribution in [3.05, 3.63) is 76.7 Å². The van der Waals surface area contributed by atoms with Gasteiger partial charge in [0.25, 0.3) is 8.32 Å². The van der Waals surface area contributed by atoms with E-state index < -0.39 is 52.6 Å². The molecular formula is C39H48BN3O8S3Si. The number of amides is 1. The van der Waals surface area contributed by atoms with Crippen molar-refractivity contribution in [1.29, 1.82) is 0 Å². The van der Waals surface area contributed by atoms with Gasteiger partial charge in [0.05, 0.1) is 22.8 Å². The van der Waals surface area contributed by atoms with Crippen molar-refractivity contribution in [3.8, 4) is 0 Å². The Morgan fingerprint density at radius 1 is 1.00 bits per heavy atom. The van der Waals surface area contributed by atoms with E-state index >= 15 is 0 Å². The second-order valence-corrected chi connectivity index (χ2v) is 24.5. The summed E-state index contributed by atoms with van der Waals surface area (Å²) in [6.45, 7) is 17.0. The van der Waals surface area contributed by atoms with Gasteiger partial charge in [-0.15, -0.1) is 34.9 Å². The van der Waals surface area contributed by atoms with Gasteiger partial charge in [-0.25, -0.2) is 9.78 Å². The van der Waals surface area contributed by atoms with Crippen molar-refractivity contribution < 1.29 is 37.8 Å². The highest BCUT2D eigenvalue weighted by Crippen LogP contribution is 2.55. The highest BCUT2D eigenvalue weighted by Gasteiger charge is 2.62. The Hall–Kier alpha value is -3.44. The molecule has 2 fully saturated rings. The molecule has 1 amide bonds. The molecule has 0 spiro atoms. The monoisotopic (exact) mass is 821 g/mol. The number of oxime groups is 1. The number of hydrogen-bond donors (Lipinski definition) is 0. The second-order valence-electron chi connectivity index (χ2n) is 16.0. The number of thiazole rings is 1. The molecule has 55 heavy (non-hydrogen) atoms. The Morgan fingerprint density at radius 3 is 2.11 bits per heavy atom. The second kappa shape index (κ2) is 16.6. The maximum Gasteiger partial charge on any atom is 0.378 e. The van der Waals surface area contributed by atoms with E-state index in [2.05, 4.69) is 55.2 Å². The van der Waals surface area contributed by atoms with Crippen molar-refractivity contribution in [2.45, 2.75) is 94.4 Å². The molecular weight excluding hydrogens is 774 g/mol. The molecule has 2 saturated heterocycles. The third-order valence-electron chi connectivity index (χ3n) is 9.30. The molecule has 292 valence electrons. The van der Waals surface area contributed by atoms with E-state index in [1.807, 2.05) is 36.4 Å². The lowest BCUT2D eigenvalue weighted by atomic mass is 9.90. The Balaban J connectivity index is 1.32. The number of benzene rings is 2. The molecule has 16 heteroatoms. The zero-order valence-electron chi connectivity index (χ0n) is 32.7. The highest BCUT2D eigenvalue weighted by molar-refractivity contribution is 8.20. The summed E-state index contributed by atoms with van der Waals surface area (Å²) in [5, 5.41) is 8.05. The molecule has 0 bridgehead atoms. The molecule has 0 saturated carbocycles. The van der Waals surface area contributed by atoms with Crippen LogP contribution in [0.4, 0.5) is 0 Å². The summed E-state index contributed by atoms with van der Waals surface area (Å²) in [6.07, 6.45) is -0.214. The quantitative estimate of drug-likeness (QED) is 0.0487. The van der Waals surface area contributed by atoms with E-state index in [1.54, 1.807) is 38.0 Å². The van der Waals surface area contributed by atoms with Crippen LogP contribution in [-0.4, -0.2) is 95.2 Å². The normalized spacial score (nSPS) is 20.4. The average molecular weight is 822 g/mol. The first-order valence-electron chi connectivity index (χ1n) is 18.0. The fraction of sp³-hybridized carbons (Fsp3) is 0.487. The van der Waals surface area contributed by atoms with Crippen LogP contribution in [0.1, 0.15) is 72.5 Å². The Bertz CT molecular complexity index is 1880. The number of carbonyl (C=O) groups excluding carboxylic acids is 4. The molecule has 11 nitrogen and oxygen atoms in total. The summed E-state index contributed by atoms with van der Waals surface area (Å²) in [7, 11) is 2.65. The topological polar surface area (TPSA) is 134 Å². The predicted molar refractivity (Wildman–Crippen MR) is 221 cm³/mol. The molecule has 2 aromatic carbocycles. The van der Waals surface area contributed by atoms with Gasteiger partial charge in [-0.2, -0.15) is 0 Å². The van der Waals surface area contributed by atoms with Crippen molar-refractivity contribution in [2.75, 3.05) is 18.9 Å². The SMILES string of the molecule is [B]OC(=O)[C@@]1(SCCO[Si](c2ccccc2)(c2ccccc2)C(C)(C)C)CN2C(=O)[C@@H](CC(=O)/C(=N\OC(C)(C)C(=O)OC(C)(C)C)c3csc(C)n3)[C@H]2S1. The van der Waals surface area contributed by atoms with Gasteiger partial charge in [0, 0.05) is 24.2 Å². The molecule has 0 aliphatic carbocycles. The van der Waals surface area contributed by atoms with E-state index in [4.69, 9.17) is 26.7 Å². The fourth-order valence-corrected chi connectivity index (χ4v) is 15.1. The van der Waals surface area contributed by atoms with Crippen molar-refractivity contribution in [2.24, 2.45) is 11.1 Å². The summed E-state index contributed by atoms with van der Waals surface area (Å²) in [6, 6.07) is 20.6. The minimum absolute atomic E-state index is 0.0607. The van der Waals surface area contributed by atoms with Crippen LogP contribution in [0.2, 0.25) is 5.04 Å². The number of thioether (sulfide) groups is 2. The van der Waals surface area contributed by atoms with Crippen molar-refractivity contribution in [1.82, 2.24) is 9.88 Å². The number of aryl methyl sites for hydroxylation is 1. The zero-order valence-corrected chi connectivity index (χ0v) is 36.2. The number of Topliss-reactive ketones (excluding diaryl/α,β-unsaturated/α-hetero) is 1. The van der Waals surface area contributed by atoms with Gasteiger partial charge in [0.1, 0.15) is 11.3 Å². The van der Waals surface area contributed by atoms with Crippen LogP contribution in [0.5, 0.6) is 0 Å². The number of β-lactam (4-membered cyclic amide) rings is 1. The Morgan fingerprint density at radius 2 is 1.60 bits per heavy atom. The summed E-state index contributed by atoms with van der Waals surface area (Å²) < 4.78 is 16.1. The number of ether oxygens (including phenoxy) is 1. The number of hydrogen-bond acceptors (Lipinski definition) is 13. The first kappa shape index (κ1) is 42.7. The van der Waals surface area contributed by atoms with Crippen molar-refractivity contribution in [3.63, 3.8) is 0 Å². The molecule has 1 aromatic heterocycles. The number of fused-ring (bicyclic) bond motifs is 1. The van der Waals surface area contributed by atoms with Gasteiger partial charge >= 0.3 is 20.0 Å². The van der Waals surface area contributed by atoms with Gasteiger partial charge in [-0.3, -0.25) is 14.4 Å². The van der Waals surface area contributed by atoms with Crippen LogP contribution in [0.15, 0.2) is 71.2 Å². The van der Waals surface area contributed by atoms with Gasteiger partial charge in [-0.1, -0.05) is 86.6 Å². The number of esters is 1. The van der Waals surface area contributed by atoms with Crippen LogP contribution in [-0.2, 0) is 37.8 Å². The van der Waals surface area contributed by atoms with Crippen LogP contribution in [0, 0.1) is 12.8 Å². The highest BCUT2D eigenvalue weighted by atomic mass is 32.2. The predicted octanol–water partition coefficient (Wildman–Crippen LogP) is 5.42. The number of nitrogens with zero attached hydrogens (tertiary/aromatic N) is 3. The van der Waals surface area contributed by atoms with Crippen LogP contribution >= 0.6 is 34.9 Å². The maximum absolute atomic E-state index is 13.9. The molecule has 0 unspecified atom stereocenters. The smallest absolute Gasteiger partial charge is 0.378 e. The van der Waals surface area contributed by atoms with Gasteiger partial charge < -0.3 is 23.6 Å². The fourth-order valence-electron chi connectivity index (χ4n) is 6.66. The lowest BCUT2D eigenvalue weighted by Gasteiger charge is -2.43. The summed E-state index contributed by atoms with van der Waals surface area (Å²) in [5.41, 5.74) is -2.12. The first-order chi connectivity index (χ1) is 25.7. The molecule has 2 radical (unpaired) electrons. The minimum atomic E-state index is -2.83. The lowest BCUT2D eigenvalue weighted by Crippen LogP contribution is -2.66. The van der Waals surface area contributed by atoms with Crippen LogP contribution < -0.4 is 10.4 Å². The van der Waals surface area contributed by atoms with Gasteiger partial charge in [0.2, 0.25) is 11.5 Å². The van der Waals surface area contributed by atoms with E-state index in [0.717, 1.165) is 10.4 Å². The summed E-state index contributed by atoms with van der Waals surface area (Å²) >= 11 is 3.91. The number of carbonyl (C=O) groups is 4. The van der Waals surface area contributed by atoms with Crippen molar-refractivity contribution >= 4 is 90.9 Å². The molecule has 3 heterocycles. The summed E-state index contributed by atoms with van der Waals surface area (Å²) in [4.78, 5) is 65.4. The molecule has 2 aliphatic heterocycles. The molecule has 0 N–H and O–H groups in total. The summed E-state index contributed by atoms with van der Waals surface area (Å²) in [5.74, 6) is -2.43. The number of ketones is 1. The maximum atomic E-state index is 13.9. The van der Waals surface area contributed by atoms with E-state index in [-0.39, 0.29) is 35.3 Å². The van der Waals surface area contributed by atoms with Crippen LogP contribution in [0.3, 0.4) is 0 Å². The van der Waals surface area contributed by atoms with Gasteiger partial charge in [0.15, 0.2) is 15.6 Å². The molecule has 3 aromatic rings. The van der Waals surface area contributed by atoms with Crippen LogP contribution in [0.25, 0.3) is 0 Å². The third kappa shape index (κ3) is 9.09. The first-order valence-corrected chi connectivity index (χ1v) is 22.6. The van der Waals surface area contributed by atoms with Gasteiger partial charge in [-0.05, 0) is 57.0 Å². The number of aromatic nitrogens is 1. The molecule has 2 aliphatic rings.